The second-order valence-corrected chi connectivity index (χ2v) is 3.58. The number of hydrogen-bond donors (Lipinski definition) is 1. The van der Waals surface area contributed by atoms with Crippen LogP contribution < -0.4 is 5.73 Å². The normalized spacial score (nSPS) is 10.9. The zero-order chi connectivity index (χ0) is 8.27. The van der Waals surface area contributed by atoms with Gasteiger partial charge in [-0.25, -0.2) is 4.98 Å². The van der Waals surface area contributed by atoms with Crippen LogP contribution in [0.1, 0.15) is 30.6 Å². The summed E-state index contributed by atoms with van der Waals surface area (Å²) in [6, 6.07) is 0. The highest BCUT2D eigenvalue weighted by Crippen LogP contribution is 2.13. The molecule has 11 heavy (non-hydrogen) atoms. The summed E-state index contributed by atoms with van der Waals surface area (Å²) >= 11 is 1.46. The van der Waals surface area contributed by atoms with Crippen molar-refractivity contribution >= 4 is 11.5 Å². The van der Waals surface area contributed by atoms with Crippen molar-refractivity contribution in [3.05, 3.63) is 10.8 Å². The maximum absolute atomic E-state index is 5.38. The summed E-state index contributed by atoms with van der Waals surface area (Å²) < 4.78 is 4.21. The molecular formula is C7H13N3S. The second kappa shape index (κ2) is 3.78. The van der Waals surface area contributed by atoms with Gasteiger partial charge in [0.25, 0.3) is 0 Å². The average Bonchev–Trinajstić information content (AvgIpc) is 2.37. The quantitative estimate of drug-likeness (QED) is 0.742. The van der Waals surface area contributed by atoms with Crippen molar-refractivity contribution in [1.29, 1.82) is 0 Å². The molecule has 0 spiro atoms. The van der Waals surface area contributed by atoms with Crippen LogP contribution >= 0.6 is 11.5 Å². The van der Waals surface area contributed by atoms with Gasteiger partial charge in [0.15, 0.2) is 0 Å². The van der Waals surface area contributed by atoms with Crippen LogP contribution in [-0.2, 0) is 6.42 Å². The molecule has 0 aliphatic carbocycles. The zero-order valence-electron chi connectivity index (χ0n) is 6.87. The molecule has 3 nitrogen and oxygen atoms in total. The van der Waals surface area contributed by atoms with Gasteiger partial charge >= 0.3 is 0 Å². The lowest BCUT2D eigenvalue weighted by Gasteiger charge is -1.94. The third-order valence-corrected chi connectivity index (χ3v) is 2.14. The summed E-state index contributed by atoms with van der Waals surface area (Å²) in [4.78, 5) is 4.33. The van der Waals surface area contributed by atoms with Crippen molar-refractivity contribution < 1.29 is 0 Å². The van der Waals surface area contributed by atoms with Gasteiger partial charge in [0.2, 0.25) is 0 Å². The maximum Gasteiger partial charge on any atom is 0.145 e. The highest BCUT2D eigenvalue weighted by molar-refractivity contribution is 7.05. The molecule has 0 saturated carbocycles. The van der Waals surface area contributed by atoms with E-state index in [-0.39, 0.29) is 0 Å². The van der Waals surface area contributed by atoms with E-state index in [9.17, 15) is 0 Å². The van der Waals surface area contributed by atoms with Crippen LogP contribution in [0.15, 0.2) is 0 Å². The predicted molar refractivity (Wildman–Crippen MR) is 46.8 cm³/mol. The molecule has 1 heterocycles. The largest absolute Gasteiger partial charge is 0.330 e. The molecule has 0 aliphatic rings. The molecule has 0 saturated heterocycles. The second-order valence-electron chi connectivity index (χ2n) is 2.74. The Bertz CT molecular complexity index is 219. The van der Waals surface area contributed by atoms with Crippen molar-refractivity contribution in [3.63, 3.8) is 0 Å². The van der Waals surface area contributed by atoms with E-state index in [1.54, 1.807) is 0 Å². The number of hydrogen-bond acceptors (Lipinski definition) is 4. The van der Waals surface area contributed by atoms with Gasteiger partial charge in [0.1, 0.15) is 10.8 Å². The Morgan fingerprint density at radius 1 is 1.55 bits per heavy atom. The number of nitrogens with two attached hydrogens (primary N) is 1. The van der Waals surface area contributed by atoms with E-state index in [0.717, 1.165) is 17.3 Å². The van der Waals surface area contributed by atoms with Crippen LogP contribution in [0.3, 0.4) is 0 Å². The van der Waals surface area contributed by atoms with Gasteiger partial charge in [-0.15, -0.1) is 0 Å². The summed E-state index contributed by atoms with van der Waals surface area (Å²) in [5.74, 6) is 1.37. The molecular weight excluding hydrogens is 158 g/mol. The minimum atomic E-state index is 0.428. The lowest BCUT2D eigenvalue weighted by atomic mass is 10.2. The highest BCUT2D eigenvalue weighted by atomic mass is 32.1. The van der Waals surface area contributed by atoms with E-state index in [1.165, 1.54) is 11.5 Å². The van der Waals surface area contributed by atoms with E-state index in [4.69, 9.17) is 5.73 Å². The van der Waals surface area contributed by atoms with E-state index in [1.807, 2.05) is 0 Å². The first kappa shape index (κ1) is 8.62. The van der Waals surface area contributed by atoms with Crippen LogP contribution in [0.2, 0.25) is 0 Å². The topological polar surface area (TPSA) is 51.8 Å². The molecule has 1 rings (SSSR count). The Morgan fingerprint density at radius 2 is 2.27 bits per heavy atom. The van der Waals surface area contributed by atoms with Crippen molar-refractivity contribution in [2.75, 3.05) is 6.54 Å². The van der Waals surface area contributed by atoms with Gasteiger partial charge in [-0.1, -0.05) is 13.8 Å². The molecule has 62 valence electrons. The third kappa shape index (κ3) is 2.24. The first-order chi connectivity index (χ1) is 5.24. The molecule has 0 aliphatic heterocycles. The molecule has 0 aromatic carbocycles. The van der Waals surface area contributed by atoms with Crippen molar-refractivity contribution in [2.45, 2.75) is 26.2 Å². The third-order valence-electron chi connectivity index (χ3n) is 1.36. The van der Waals surface area contributed by atoms with Crippen LogP contribution in [0.4, 0.5) is 0 Å². The smallest absolute Gasteiger partial charge is 0.145 e. The summed E-state index contributed by atoms with van der Waals surface area (Å²) in [5, 5.41) is 1.05. The molecule has 0 amide bonds. The molecule has 0 fully saturated rings. The molecule has 0 radical (unpaired) electrons. The van der Waals surface area contributed by atoms with Gasteiger partial charge in [-0.3, -0.25) is 0 Å². The fraction of sp³-hybridized carbons (Fsp3) is 0.714. The number of rotatable bonds is 3. The summed E-state index contributed by atoms with van der Waals surface area (Å²) in [6.07, 6.45) is 0.852. The van der Waals surface area contributed by atoms with Crippen molar-refractivity contribution in [3.8, 4) is 0 Å². The summed E-state index contributed by atoms with van der Waals surface area (Å²) in [5.41, 5.74) is 5.38. The first-order valence-electron chi connectivity index (χ1n) is 3.76. The molecule has 2 N–H and O–H groups in total. The van der Waals surface area contributed by atoms with E-state index >= 15 is 0 Å². The van der Waals surface area contributed by atoms with Crippen LogP contribution in [-0.4, -0.2) is 15.9 Å². The highest BCUT2D eigenvalue weighted by Gasteiger charge is 2.05. The van der Waals surface area contributed by atoms with Crippen molar-refractivity contribution in [2.24, 2.45) is 5.73 Å². The van der Waals surface area contributed by atoms with Crippen LogP contribution in [0.5, 0.6) is 0 Å². The fourth-order valence-electron chi connectivity index (χ4n) is 0.728. The standard InChI is InChI=1S/C7H13N3S/c1-5(2)7-9-6(3-4-8)11-10-7/h5H,3-4,8H2,1-2H3. The van der Waals surface area contributed by atoms with E-state index in [0.29, 0.717) is 12.5 Å². The zero-order valence-corrected chi connectivity index (χ0v) is 7.69. The molecule has 0 unspecified atom stereocenters. The van der Waals surface area contributed by atoms with Crippen LogP contribution in [0.25, 0.3) is 0 Å². The van der Waals surface area contributed by atoms with Gasteiger partial charge in [-0.05, 0) is 18.1 Å². The Morgan fingerprint density at radius 3 is 2.73 bits per heavy atom. The monoisotopic (exact) mass is 171 g/mol. The maximum atomic E-state index is 5.38. The number of aromatic nitrogens is 2. The van der Waals surface area contributed by atoms with Gasteiger partial charge in [-0.2, -0.15) is 4.37 Å². The Hall–Kier alpha value is -0.480. The molecule has 0 atom stereocenters. The minimum Gasteiger partial charge on any atom is -0.330 e. The SMILES string of the molecule is CC(C)c1nsc(CCN)n1. The predicted octanol–water partition coefficient (Wildman–Crippen LogP) is 1.16. The lowest BCUT2D eigenvalue weighted by Crippen LogP contribution is -2.02. The minimum absolute atomic E-state index is 0.428. The first-order valence-corrected chi connectivity index (χ1v) is 4.54. The average molecular weight is 171 g/mol. The lowest BCUT2D eigenvalue weighted by molar-refractivity contribution is 0.788. The van der Waals surface area contributed by atoms with Gasteiger partial charge in [0.05, 0.1) is 0 Å². The molecule has 0 bridgehead atoms. The molecule has 1 aromatic rings. The molecule has 4 heteroatoms. The Balaban J connectivity index is 2.66. The summed E-state index contributed by atoms with van der Waals surface area (Å²) in [6.45, 7) is 4.84. The number of nitrogens with zero attached hydrogens (tertiary/aromatic N) is 2. The van der Waals surface area contributed by atoms with Gasteiger partial charge in [0, 0.05) is 12.3 Å². The van der Waals surface area contributed by atoms with E-state index in [2.05, 4.69) is 23.2 Å². The Kier molecular flexibility index (Phi) is 2.96. The fourth-order valence-corrected chi connectivity index (χ4v) is 1.52. The summed E-state index contributed by atoms with van der Waals surface area (Å²) in [7, 11) is 0. The Labute approximate surface area is 70.8 Å². The van der Waals surface area contributed by atoms with Crippen molar-refractivity contribution in [1.82, 2.24) is 9.36 Å². The van der Waals surface area contributed by atoms with E-state index < -0.39 is 0 Å². The van der Waals surface area contributed by atoms with Crippen LogP contribution in [0, 0.1) is 0 Å². The van der Waals surface area contributed by atoms with Gasteiger partial charge < -0.3 is 5.73 Å². The molecule has 1 aromatic heterocycles.